The number of nitrogens with zero attached hydrogens (tertiary/aromatic N) is 2. The standard InChI is InChI=1S/C22H21ClN2O5S/c1-13-6-5-7-17(8-13)25(14(2)26)22-24-16(12-31-22)11-30-21(27)15-9-18(23)20(29-4)19(10-15)28-3/h5-10,12H,11H2,1-4H3. The maximum atomic E-state index is 12.5. The minimum absolute atomic E-state index is 0.0547. The van der Waals surface area contributed by atoms with Crippen molar-refractivity contribution in [2.45, 2.75) is 20.5 Å². The molecule has 0 aliphatic rings. The first-order valence-corrected chi connectivity index (χ1v) is 10.5. The second-order valence-electron chi connectivity index (χ2n) is 6.58. The summed E-state index contributed by atoms with van der Waals surface area (Å²) in [6, 6.07) is 10.5. The number of rotatable bonds is 7. The highest BCUT2D eigenvalue weighted by Gasteiger charge is 2.20. The molecule has 1 amide bonds. The van der Waals surface area contributed by atoms with Crippen LogP contribution in [0.15, 0.2) is 41.8 Å². The number of methoxy groups -OCH3 is 2. The number of halogens is 1. The van der Waals surface area contributed by atoms with Gasteiger partial charge in [-0.1, -0.05) is 23.7 Å². The van der Waals surface area contributed by atoms with Crippen molar-refractivity contribution in [3.05, 3.63) is 63.6 Å². The number of anilines is 2. The van der Waals surface area contributed by atoms with E-state index in [2.05, 4.69) is 4.98 Å². The molecular formula is C22H21ClN2O5S. The number of aromatic nitrogens is 1. The fraction of sp³-hybridized carbons (Fsp3) is 0.227. The molecule has 162 valence electrons. The Hall–Kier alpha value is -3.10. The lowest BCUT2D eigenvalue weighted by atomic mass is 10.2. The Morgan fingerprint density at radius 3 is 2.58 bits per heavy atom. The molecule has 3 rings (SSSR count). The topological polar surface area (TPSA) is 78.0 Å². The summed E-state index contributed by atoms with van der Waals surface area (Å²) < 4.78 is 15.7. The van der Waals surface area contributed by atoms with Gasteiger partial charge in [-0.2, -0.15) is 0 Å². The molecule has 3 aromatic rings. The van der Waals surface area contributed by atoms with Crippen molar-refractivity contribution in [3.8, 4) is 11.5 Å². The summed E-state index contributed by atoms with van der Waals surface area (Å²) in [4.78, 5) is 30.7. The van der Waals surface area contributed by atoms with Crippen LogP contribution in [-0.2, 0) is 16.1 Å². The van der Waals surface area contributed by atoms with Crippen molar-refractivity contribution >= 4 is 45.6 Å². The zero-order valence-corrected chi connectivity index (χ0v) is 19.0. The van der Waals surface area contributed by atoms with Crippen LogP contribution in [0.3, 0.4) is 0 Å². The Morgan fingerprint density at radius 2 is 1.94 bits per heavy atom. The van der Waals surface area contributed by atoms with Gasteiger partial charge in [-0.3, -0.25) is 9.69 Å². The Bertz CT molecular complexity index is 1120. The van der Waals surface area contributed by atoms with E-state index in [9.17, 15) is 9.59 Å². The number of ether oxygens (including phenoxy) is 3. The van der Waals surface area contributed by atoms with Crippen LogP contribution in [0.25, 0.3) is 0 Å². The Morgan fingerprint density at radius 1 is 1.16 bits per heavy atom. The summed E-state index contributed by atoms with van der Waals surface area (Å²) in [6.45, 7) is 3.38. The number of amides is 1. The van der Waals surface area contributed by atoms with Crippen molar-refractivity contribution in [2.75, 3.05) is 19.1 Å². The Kier molecular flexibility index (Phi) is 7.14. The monoisotopic (exact) mass is 460 g/mol. The van der Waals surface area contributed by atoms with Gasteiger partial charge in [-0.25, -0.2) is 9.78 Å². The van der Waals surface area contributed by atoms with Gasteiger partial charge in [0.15, 0.2) is 16.6 Å². The molecule has 0 saturated heterocycles. The highest BCUT2D eigenvalue weighted by molar-refractivity contribution is 7.14. The van der Waals surface area contributed by atoms with Crippen LogP contribution in [0.1, 0.15) is 28.5 Å². The number of hydrogen-bond donors (Lipinski definition) is 0. The van der Waals surface area contributed by atoms with Gasteiger partial charge in [0.1, 0.15) is 6.61 Å². The zero-order chi connectivity index (χ0) is 22.5. The molecule has 0 saturated carbocycles. The van der Waals surface area contributed by atoms with Crippen LogP contribution < -0.4 is 14.4 Å². The van der Waals surface area contributed by atoms with E-state index >= 15 is 0 Å². The molecule has 0 bridgehead atoms. The van der Waals surface area contributed by atoms with Crippen molar-refractivity contribution in [2.24, 2.45) is 0 Å². The number of benzene rings is 2. The molecule has 31 heavy (non-hydrogen) atoms. The molecule has 0 radical (unpaired) electrons. The SMILES string of the molecule is COc1cc(C(=O)OCc2csc(N(C(C)=O)c3cccc(C)c3)n2)cc(Cl)c1OC. The summed E-state index contributed by atoms with van der Waals surface area (Å²) in [7, 11) is 2.91. The number of thiazole rings is 1. The maximum absolute atomic E-state index is 12.5. The van der Waals surface area contributed by atoms with Crippen molar-refractivity contribution in [1.29, 1.82) is 0 Å². The highest BCUT2D eigenvalue weighted by Crippen LogP contribution is 2.36. The van der Waals surface area contributed by atoms with Crippen LogP contribution in [0.5, 0.6) is 11.5 Å². The van der Waals surface area contributed by atoms with E-state index in [-0.39, 0.29) is 23.1 Å². The second-order valence-corrected chi connectivity index (χ2v) is 7.83. The smallest absolute Gasteiger partial charge is 0.338 e. The summed E-state index contributed by atoms with van der Waals surface area (Å²) in [5, 5.41) is 2.48. The van der Waals surface area contributed by atoms with Crippen LogP contribution in [-0.4, -0.2) is 31.1 Å². The average Bonchev–Trinajstić information content (AvgIpc) is 3.19. The lowest BCUT2D eigenvalue weighted by Crippen LogP contribution is -2.22. The zero-order valence-electron chi connectivity index (χ0n) is 17.5. The van der Waals surface area contributed by atoms with Crippen LogP contribution >= 0.6 is 22.9 Å². The first-order valence-electron chi connectivity index (χ1n) is 9.24. The number of esters is 1. The Labute approximate surface area is 189 Å². The van der Waals surface area contributed by atoms with Crippen molar-refractivity contribution in [1.82, 2.24) is 4.98 Å². The van der Waals surface area contributed by atoms with E-state index in [1.807, 2.05) is 31.2 Å². The van der Waals surface area contributed by atoms with Gasteiger partial charge < -0.3 is 14.2 Å². The fourth-order valence-electron chi connectivity index (χ4n) is 2.92. The predicted octanol–water partition coefficient (Wildman–Crippen LogP) is 5.16. The van der Waals surface area contributed by atoms with Crippen LogP contribution in [0.2, 0.25) is 5.02 Å². The molecule has 7 nitrogen and oxygen atoms in total. The molecule has 1 heterocycles. The summed E-state index contributed by atoms with van der Waals surface area (Å²) in [6.07, 6.45) is 0. The lowest BCUT2D eigenvalue weighted by molar-refractivity contribution is -0.115. The highest BCUT2D eigenvalue weighted by atomic mass is 35.5. The van der Waals surface area contributed by atoms with Crippen molar-refractivity contribution in [3.63, 3.8) is 0 Å². The molecule has 0 atom stereocenters. The third-order valence-electron chi connectivity index (χ3n) is 4.33. The first kappa shape index (κ1) is 22.6. The minimum atomic E-state index is -0.584. The van der Waals surface area contributed by atoms with Gasteiger partial charge in [-0.15, -0.1) is 11.3 Å². The van der Waals surface area contributed by atoms with E-state index < -0.39 is 5.97 Å². The van der Waals surface area contributed by atoms with E-state index in [1.54, 1.807) is 5.38 Å². The van der Waals surface area contributed by atoms with Crippen LogP contribution in [0.4, 0.5) is 10.8 Å². The van der Waals surface area contributed by atoms with Crippen molar-refractivity contribution < 1.29 is 23.8 Å². The maximum Gasteiger partial charge on any atom is 0.338 e. The fourth-order valence-corrected chi connectivity index (χ4v) is 4.08. The third kappa shape index (κ3) is 5.15. The molecule has 0 unspecified atom stereocenters. The number of carbonyl (C=O) groups excluding carboxylic acids is 2. The number of aryl methyl sites for hydroxylation is 1. The summed E-state index contributed by atoms with van der Waals surface area (Å²) in [5.41, 5.74) is 2.51. The summed E-state index contributed by atoms with van der Waals surface area (Å²) in [5.74, 6) is -0.0820. The first-order chi connectivity index (χ1) is 14.8. The van der Waals surface area contributed by atoms with Gasteiger partial charge >= 0.3 is 5.97 Å². The van der Waals surface area contributed by atoms with E-state index in [0.717, 1.165) is 11.3 Å². The predicted molar refractivity (Wildman–Crippen MR) is 120 cm³/mol. The largest absolute Gasteiger partial charge is 0.493 e. The molecule has 0 N–H and O–H groups in total. The molecule has 0 spiro atoms. The molecule has 2 aromatic carbocycles. The average molecular weight is 461 g/mol. The molecule has 9 heteroatoms. The molecular weight excluding hydrogens is 440 g/mol. The van der Waals surface area contributed by atoms with Gasteiger partial charge in [0.05, 0.1) is 36.2 Å². The van der Waals surface area contributed by atoms with Crippen LogP contribution in [0, 0.1) is 6.92 Å². The van der Waals surface area contributed by atoms with Gasteiger partial charge in [0.2, 0.25) is 5.91 Å². The quantitative estimate of drug-likeness (QED) is 0.453. The number of carbonyl (C=O) groups is 2. The molecule has 1 aromatic heterocycles. The van der Waals surface area contributed by atoms with E-state index in [1.165, 1.54) is 49.5 Å². The third-order valence-corrected chi connectivity index (χ3v) is 5.48. The summed E-state index contributed by atoms with van der Waals surface area (Å²) >= 11 is 7.44. The molecule has 0 fully saturated rings. The minimum Gasteiger partial charge on any atom is -0.493 e. The van der Waals surface area contributed by atoms with Gasteiger partial charge in [-0.05, 0) is 36.8 Å². The number of hydrogen-bond acceptors (Lipinski definition) is 7. The Balaban J connectivity index is 1.75. The lowest BCUT2D eigenvalue weighted by Gasteiger charge is -2.18. The second kappa shape index (κ2) is 9.80. The van der Waals surface area contributed by atoms with E-state index in [0.29, 0.717) is 22.3 Å². The van der Waals surface area contributed by atoms with Gasteiger partial charge in [0, 0.05) is 12.3 Å². The van der Waals surface area contributed by atoms with E-state index in [4.69, 9.17) is 25.8 Å². The molecule has 0 aliphatic carbocycles. The van der Waals surface area contributed by atoms with Gasteiger partial charge in [0.25, 0.3) is 0 Å². The normalized spacial score (nSPS) is 10.5. The molecule has 0 aliphatic heterocycles.